The fourth-order valence-corrected chi connectivity index (χ4v) is 2.73. The van der Waals surface area contributed by atoms with Crippen molar-refractivity contribution in [3.05, 3.63) is 66.7 Å². The van der Waals surface area contributed by atoms with Crippen molar-refractivity contribution in [2.24, 2.45) is 0 Å². The van der Waals surface area contributed by atoms with E-state index < -0.39 is 0 Å². The van der Waals surface area contributed by atoms with Gasteiger partial charge in [-0.15, -0.1) is 0 Å². The van der Waals surface area contributed by atoms with Gasteiger partial charge in [0.15, 0.2) is 5.76 Å². The third-order valence-electron chi connectivity index (χ3n) is 3.91. The molecule has 0 unspecified atom stereocenters. The van der Waals surface area contributed by atoms with Crippen LogP contribution in [0.4, 0.5) is 0 Å². The van der Waals surface area contributed by atoms with E-state index in [1.807, 2.05) is 30.5 Å². The number of fused-ring (bicyclic) bond motifs is 1. The second-order valence-corrected chi connectivity index (χ2v) is 5.30. The largest absolute Gasteiger partial charge is 0.435 e. The van der Waals surface area contributed by atoms with E-state index >= 15 is 0 Å². The monoisotopic (exact) mass is 301 g/mol. The molecule has 0 atom stereocenters. The molecule has 0 radical (unpaired) electrons. The lowest BCUT2D eigenvalue weighted by Gasteiger charge is -2.06. The summed E-state index contributed by atoms with van der Waals surface area (Å²) in [7, 11) is 0. The van der Waals surface area contributed by atoms with E-state index in [1.54, 1.807) is 18.6 Å². The van der Waals surface area contributed by atoms with Crippen LogP contribution >= 0.6 is 0 Å². The van der Waals surface area contributed by atoms with Gasteiger partial charge in [0.25, 0.3) is 0 Å². The van der Waals surface area contributed by atoms with Crippen molar-refractivity contribution in [2.45, 2.75) is 13.3 Å². The maximum atomic E-state index is 5.92. The predicted octanol–water partition coefficient (Wildman–Crippen LogP) is 4.51. The van der Waals surface area contributed by atoms with Gasteiger partial charge in [-0.05, 0) is 29.5 Å². The Balaban J connectivity index is 1.86. The highest BCUT2D eigenvalue weighted by Gasteiger charge is 2.14. The normalized spacial score (nSPS) is 11.0. The maximum Gasteiger partial charge on any atom is 0.246 e. The minimum absolute atomic E-state index is 0.530. The Morgan fingerprint density at radius 3 is 2.57 bits per heavy atom. The molecule has 23 heavy (non-hydrogen) atoms. The first-order valence-corrected chi connectivity index (χ1v) is 7.60. The zero-order valence-corrected chi connectivity index (χ0v) is 12.7. The van der Waals surface area contributed by atoms with Gasteiger partial charge in [0.2, 0.25) is 5.89 Å². The minimum atomic E-state index is 0.530. The first-order valence-electron chi connectivity index (χ1n) is 7.60. The average Bonchev–Trinajstić information content (AvgIpc) is 3.11. The van der Waals surface area contributed by atoms with Crippen molar-refractivity contribution in [1.82, 2.24) is 15.0 Å². The molecular formula is C19H15N3O. The van der Waals surface area contributed by atoms with Crippen LogP contribution in [0.15, 0.2) is 65.6 Å². The molecule has 0 saturated carbocycles. The molecule has 4 rings (SSSR count). The number of rotatable bonds is 3. The quantitative estimate of drug-likeness (QED) is 0.558. The van der Waals surface area contributed by atoms with Gasteiger partial charge < -0.3 is 4.42 Å². The Morgan fingerprint density at radius 1 is 0.913 bits per heavy atom. The van der Waals surface area contributed by atoms with Gasteiger partial charge >= 0.3 is 0 Å². The van der Waals surface area contributed by atoms with Crippen molar-refractivity contribution in [3.8, 4) is 22.9 Å². The van der Waals surface area contributed by atoms with Crippen LogP contribution in [0.5, 0.6) is 0 Å². The van der Waals surface area contributed by atoms with Gasteiger partial charge in [-0.2, -0.15) is 0 Å². The molecule has 3 heterocycles. The summed E-state index contributed by atoms with van der Waals surface area (Å²) in [5.74, 6) is 1.22. The molecule has 4 aromatic rings. The Morgan fingerprint density at radius 2 is 1.78 bits per heavy atom. The van der Waals surface area contributed by atoms with E-state index in [1.165, 1.54) is 10.9 Å². The molecule has 4 nitrogen and oxygen atoms in total. The topological polar surface area (TPSA) is 51.8 Å². The lowest BCUT2D eigenvalue weighted by Crippen LogP contribution is -1.91. The molecule has 0 spiro atoms. The van der Waals surface area contributed by atoms with Crippen molar-refractivity contribution in [1.29, 1.82) is 0 Å². The number of benzene rings is 1. The molecule has 0 aliphatic heterocycles. The maximum absolute atomic E-state index is 5.92. The lowest BCUT2D eigenvalue weighted by atomic mass is 10.0. The Hall–Kier alpha value is -3.01. The zero-order chi connectivity index (χ0) is 15.6. The lowest BCUT2D eigenvalue weighted by molar-refractivity contribution is 0.586. The summed E-state index contributed by atoms with van der Waals surface area (Å²) in [6, 6.07) is 12.1. The summed E-state index contributed by atoms with van der Waals surface area (Å²) in [6.45, 7) is 2.13. The summed E-state index contributed by atoms with van der Waals surface area (Å²) in [5, 5.41) is 2.26. The molecular weight excluding hydrogens is 286 g/mol. The number of oxazole rings is 1. The molecule has 0 N–H and O–H groups in total. The van der Waals surface area contributed by atoms with Crippen molar-refractivity contribution < 1.29 is 4.42 Å². The van der Waals surface area contributed by atoms with Gasteiger partial charge in [-0.3, -0.25) is 9.97 Å². The van der Waals surface area contributed by atoms with Crippen LogP contribution in [0, 0.1) is 0 Å². The molecule has 3 aromatic heterocycles. The third kappa shape index (κ3) is 2.38. The fourth-order valence-electron chi connectivity index (χ4n) is 2.73. The van der Waals surface area contributed by atoms with E-state index in [9.17, 15) is 0 Å². The van der Waals surface area contributed by atoms with Crippen molar-refractivity contribution in [3.63, 3.8) is 0 Å². The van der Waals surface area contributed by atoms with Crippen LogP contribution in [0.25, 0.3) is 33.7 Å². The Labute approximate surface area is 133 Å². The van der Waals surface area contributed by atoms with Crippen LogP contribution in [-0.4, -0.2) is 15.0 Å². The molecule has 0 aliphatic rings. The van der Waals surface area contributed by atoms with Gasteiger partial charge in [-0.25, -0.2) is 4.98 Å². The SMILES string of the molecule is CCc1cnc(-c2ncc(-c3cccnc3)o2)c2ccccc12. The number of hydrogen-bond acceptors (Lipinski definition) is 4. The van der Waals surface area contributed by atoms with E-state index in [0.717, 1.165) is 23.1 Å². The highest BCUT2D eigenvalue weighted by Crippen LogP contribution is 2.30. The number of aromatic nitrogens is 3. The zero-order valence-electron chi connectivity index (χ0n) is 12.7. The smallest absolute Gasteiger partial charge is 0.246 e. The molecule has 0 bridgehead atoms. The first-order chi connectivity index (χ1) is 11.4. The number of aryl methyl sites for hydroxylation is 1. The highest BCUT2D eigenvalue weighted by molar-refractivity contribution is 5.94. The molecule has 1 aromatic carbocycles. The van der Waals surface area contributed by atoms with Crippen LogP contribution < -0.4 is 0 Å². The molecule has 4 heteroatoms. The summed E-state index contributed by atoms with van der Waals surface area (Å²) in [6.07, 6.45) is 8.07. The highest BCUT2D eigenvalue weighted by atomic mass is 16.4. The van der Waals surface area contributed by atoms with Gasteiger partial charge in [0.1, 0.15) is 5.69 Å². The van der Waals surface area contributed by atoms with Crippen LogP contribution in [0.2, 0.25) is 0 Å². The van der Waals surface area contributed by atoms with E-state index in [0.29, 0.717) is 11.7 Å². The third-order valence-corrected chi connectivity index (χ3v) is 3.91. The van der Waals surface area contributed by atoms with E-state index in [-0.39, 0.29) is 0 Å². The molecule has 112 valence electrons. The van der Waals surface area contributed by atoms with Gasteiger partial charge in [0, 0.05) is 29.5 Å². The second-order valence-electron chi connectivity index (χ2n) is 5.30. The number of nitrogens with zero attached hydrogens (tertiary/aromatic N) is 3. The second kappa shape index (κ2) is 5.65. The van der Waals surface area contributed by atoms with Crippen molar-refractivity contribution in [2.75, 3.05) is 0 Å². The number of hydrogen-bond donors (Lipinski definition) is 0. The minimum Gasteiger partial charge on any atom is -0.435 e. The van der Waals surface area contributed by atoms with E-state index in [4.69, 9.17) is 4.42 Å². The van der Waals surface area contributed by atoms with Crippen LogP contribution in [0.3, 0.4) is 0 Å². The average molecular weight is 301 g/mol. The fraction of sp³-hybridized carbons (Fsp3) is 0.105. The van der Waals surface area contributed by atoms with Crippen molar-refractivity contribution >= 4 is 10.8 Å². The standard InChI is InChI=1S/C19H15N3O/c1-2-13-11-21-18(16-8-4-3-7-15(13)16)19-22-12-17(23-19)14-6-5-9-20-10-14/h3-12H,2H2,1H3. The van der Waals surface area contributed by atoms with E-state index in [2.05, 4.69) is 34.0 Å². The van der Waals surface area contributed by atoms with Crippen LogP contribution in [0.1, 0.15) is 12.5 Å². The molecule has 0 fully saturated rings. The molecule has 0 saturated heterocycles. The molecule has 0 amide bonds. The van der Waals surface area contributed by atoms with Crippen LogP contribution in [-0.2, 0) is 6.42 Å². The Bertz CT molecular complexity index is 961. The van der Waals surface area contributed by atoms with Gasteiger partial charge in [0.05, 0.1) is 6.20 Å². The summed E-state index contributed by atoms with van der Waals surface area (Å²) >= 11 is 0. The Kier molecular flexibility index (Phi) is 3.35. The summed E-state index contributed by atoms with van der Waals surface area (Å²) in [5.41, 5.74) is 2.90. The number of pyridine rings is 2. The molecule has 0 aliphatic carbocycles. The summed E-state index contributed by atoms with van der Waals surface area (Å²) < 4.78 is 5.92. The summed E-state index contributed by atoms with van der Waals surface area (Å²) in [4.78, 5) is 13.1. The first kappa shape index (κ1) is 13.6. The van der Waals surface area contributed by atoms with Gasteiger partial charge in [-0.1, -0.05) is 31.2 Å². The predicted molar refractivity (Wildman–Crippen MR) is 89.8 cm³/mol.